The van der Waals surface area contributed by atoms with Crippen molar-refractivity contribution in [2.75, 3.05) is 33.8 Å². The highest BCUT2D eigenvalue weighted by Crippen LogP contribution is 2.23. The van der Waals surface area contributed by atoms with Crippen molar-refractivity contribution in [2.45, 2.75) is 45.2 Å². The fraction of sp³-hybridized carbons (Fsp3) is 0.600. The smallest absolute Gasteiger partial charge is 0.260 e. The van der Waals surface area contributed by atoms with Gasteiger partial charge in [0, 0.05) is 37.8 Å². The molecule has 26 heavy (non-hydrogen) atoms. The Hall–Kier alpha value is -2.08. The molecule has 2 unspecified atom stereocenters. The van der Waals surface area contributed by atoms with Crippen molar-refractivity contribution >= 4 is 11.8 Å². The van der Waals surface area contributed by atoms with Crippen LogP contribution >= 0.6 is 0 Å². The van der Waals surface area contributed by atoms with Crippen LogP contribution in [-0.4, -0.2) is 67.5 Å². The number of benzene rings is 1. The van der Waals surface area contributed by atoms with E-state index < -0.39 is 0 Å². The van der Waals surface area contributed by atoms with Crippen molar-refractivity contribution < 1.29 is 14.3 Å². The molecule has 1 N–H and O–H groups in total. The van der Waals surface area contributed by atoms with Gasteiger partial charge in [-0.05, 0) is 64.4 Å². The average Bonchev–Trinajstić information content (AvgIpc) is 2.64. The highest BCUT2D eigenvalue weighted by atomic mass is 16.5. The number of carbonyl (C=O) groups is 2. The van der Waals surface area contributed by atoms with Crippen molar-refractivity contribution in [3.8, 4) is 5.75 Å². The summed E-state index contributed by atoms with van der Waals surface area (Å²) in [5.74, 6) is 0.598. The molecule has 1 aromatic rings. The third-order valence-corrected chi connectivity index (χ3v) is 4.99. The summed E-state index contributed by atoms with van der Waals surface area (Å²) < 4.78 is 5.65. The second kappa shape index (κ2) is 9.57. The Morgan fingerprint density at radius 1 is 1.19 bits per heavy atom. The first-order chi connectivity index (χ1) is 12.4. The number of likely N-dealkylation sites (N-methyl/N-ethyl adjacent to an activating group) is 2. The Balaban J connectivity index is 1.89. The minimum Gasteiger partial charge on any atom is -0.484 e. The van der Waals surface area contributed by atoms with Crippen molar-refractivity contribution in [3.63, 3.8) is 0 Å². The minimum absolute atomic E-state index is 0.0247. The Morgan fingerprint density at radius 3 is 2.38 bits per heavy atom. The summed E-state index contributed by atoms with van der Waals surface area (Å²) in [6.07, 6.45) is 3.27. The fourth-order valence-electron chi connectivity index (χ4n) is 3.43. The van der Waals surface area contributed by atoms with Crippen LogP contribution in [0.1, 0.15) is 43.5 Å². The van der Waals surface area contributed by atoms with Crippen LogP contribution in [0.4, 0.5) is 0 Å². The van der Waals surface area contributed by atoms with E-state index in [1.807, 2.05) is 11.9 Å². The quantitative estimate of drug-likeness (QED) is 0.808. The molecule has 1 aliphatic heterocycles. The fourth-order valence-corrected chi connectivity index (χ4v) is 3.43. The Kier molecular flexibility index (Phi) is 7.45. The molecular formula is C20H31N3O3. The van der Waals surface area contributed by atoms with Crippen LogP contribution in [0, 0.1) is 0 Å². The normalized spacial score (nSPS) is 19.9. The van der Waals surface area contributed by atoms with Gasteiger partial charge in [0.2, 0.25) is 0 Å². The molecule has 0 bridgehead atoms. The molecule has 1 aliphatic rings. The summed E-state index contributed by atoms with van der Waals surface area (Å²) >= 11 is 0. The minimum atomic E-state index is -0.0288. The molecule has 2 rings (SSSR count). The highest BCUT2D eigenvalue weighted by molar-refractivity contribution is 5.94. The number of amides is 2. The van der Waals surface area contributed by atoms with Gasteiger partial charge in [0.1, 0.15) is 5.75 Å². The van der Waals surface area contributed by atoms with Gasteiger partial charge in [-0.3, -0.25) is 9.59 Å². The van der Waals surface area contributed by atoms with Crippen LogP contribution < -0.4 is 10.1 Å². The van der Waals surface area contributed by atoms with E-state index in [0.717, 1.165) is 19.4 Å². The summed E-state index contributed by atoms with van der Waals surface area (Å²) in [7, 11) is 3.64. The van der Waals surface area contributed by atoms with Gasteiger partial charge in [0.25, 0.3) is 11.8 Å². The lowest BCUT2D eigenvalue weighted by Crippen LogP contribution is -2.49. The molecule has 0 radical (unpaired) electrons. The lowest BCUT2D eigenvalue weighted by Gasteiger charge is -2.38. The van der Waals surface area contributed by atoms with Crippen molar-refractivity contribution in [1.82, 2.24) is 15.1 Å². The summed E-state index contributed by atoms with van der Waals surface area (Å²) in [4.78, 5) is 28.4. The van der Waals surface area contributed by atoms with Gasteiger partial charge in [0.05, 0.1) is 0 Å². The summed E-state index contributed by atoms with van der Waals surface area (Å²) in [5, 5.41) is 3.02. The van der Waals surface area contributed by atoms with E-state index in [4.69, 9.17) is 4.74 Å². The molecule has 1 aromatic carbocycles. The number of likely N-dealkylation sites (tertiary alicyclic amines) is 1. The van der Waals surface area contributed by atoms with Gasteiger partial charge in [-0.15, -0.1) is 0 Å². The summed E-state index contributed by atoms with van der Waals surface area (Å²) in [5.41, 5.74) is 0.612. The molecule has 2 atom stereocenters. The van der Waals surface area contributed by atoms with Gasteiger partial charge in [-0.2, -0.15) is 0 Å². The molecule has 6 heteroatoms. The molecular weight excluding hydrogens is 330 g/mol. The highest BCUT2D eigenvalue weighted by Gasteiger charge is 2.28. The van der Waals surface area contributed by atoms with Crippen molar-refractivity contribution in [1.29, 1.82) is 0 Å². The van der Waals surface area contributed by atoms with Crippen molar-refractivity contribution in [3.05, 3.63) is 29.8 Å². The largest absolute Gasteiger partial charge is 0.484 e. The van der Waals surface area contributed by atoms with Crippen LogP contribution in [0.25, 0.3) is 0 Å². The monoisotopic (exact) mass is 361 g/mol. The zero-order valence-electron chi connectivity index (χ0n) is 16.3. The molecule has 1 heterocycles. The lowest BCUT2D eigenvalue weighted by molar-refractivity contribution is -0.139. The van der Waals surface area contributed by atoms with E-state index in [-0.39, 0.29) is 30.5 Å². The molecule has 1 fully saturated rings. The van der Waals surface area contributed by atoms with E-state index >= 15 is 0 Å². The third kappa shape index (κ3) is 5.21. The van der Waals surface area contributed by atoms with Crippen LogP contribution in [0.3, 0.4) is 0 Å². The van der Waals surface area contributed by atoms with Crippen LogP contribution in [-0.2, 0) is 4.79 Å². The number of nitrogens with one attached hydrogen (secondary N) is 1. The number of hydrogen-bond donors (Lipinski definition) is 1. The van der Waals surface area contributed by atoms with E-state index in [9.17, 15) is 9.59 Å². The molecule has 6 nitrogen and oxygen atoms in total. The molecule has 0 spiro atoms. The van der Waals surface area contributed by atoms with Gasteiger partial charge in [-0.1, -0.05) is 0 Å². The van der Waals surface area contributed by atoms with Crippen LogP contribution in [0.5, 0.6) is 5.75 Å². The van der Waals surface area contributed by atoms with E-state index in [0.29, 0.717) is 17.9 Å². The SMILES string of the molecule is CNCCN(C)C(=O)c1ccc(OCC(=O)N2C(C)CCCC2C)cc1. The van der Waals surface area contributed by atoms with Gasteiger partial charge >= 0.3 is 0 Å². The first kappa shape index (κ1) is 20.2. The van der Waals surface area contributed by atoms with Gasteiger partial charge < -0.3 is 19.9 Å². The molecule has 0 aliphatic carbocycles. The van der Waals surface area contributed by atoms with Crippen LogP contribution in [0.2, 0.25) is 0 Å². The predicted molar refractivity (Wildman–Crippen MR) is 102 cm³/mol. The van der Waals surface area contributed by atoms with E-state index in [1.54, 1.807) is 36.2 Å². The molecule has 1 saturated heterocycles. The maximum Gasteiger partial charge on any atom is 0.260 e. The maximum atomic E-state index is 12.5. The number of ether oxygens (including phenoxy) is 1. The van der Waals surface area contributed by atoms with Crippen molar-refractivity contribution in [2.24, 2.45) is 0 Å². The van der Waals surface area contributed by atoms with Crippen LogP contribution in [0.15, 0.2) is 24.3 Å². The molecule has 0 saturated carbocycles. The predicted octanol–water partition coefficient (Wildman–Crippen LogP) is 2.15. The molecule has 144 valence electrons. The number of nitrogens with zero attached hydrogens (tertiary/aromatic N) is 2. The first-order valence-corrected chi connectivity index (χ1v) is 9.38. The first-order valence-electron chi connectivity index (χ1n) is 9.38. The Labute approximate surface area is 156 Å². The summed E-state index contributed by atoms with van der Waals surface area (Å²) in [6, 6.07) is 7.50. The molecule has 0 aromatic heterocycles. The second-order valence-corrected chi connectivity index (χ2v) is 7.07. The van der Waals surface area contributed by atoms with E-state index in [1.165, 1.54) is 6.42 Å². The number of piperidine rings is 1. The Bertz CT molecular complexity index is 593. The van der Waals surface area contributed by atoms with Gasteiger partial charge in [0.15, 0.2) is 6.61 Å². The number of hydrogen-bond acceptors (Lipinski definition) is 4. The topological polar surface area (TPSA) is 61.9 Å². The zero-order chi connectivity index (χ0) is 19.1. The standard InChI is InChI=1S/C20H31N3O3/c1-15-6-5-7-16(2)23(15)19(24)14-26-18-10-8-17(9-11-18)20(25)22(4)13-12-21-3/h8-11,15-16,21H,5-7,12-14H2,1-4H3. The summed E-state index contributed by atoms with van der Waals surface area (Å²) in [6.45, 7) is 5.62. The molecule has 2 amide bonds. The van der Waals surface area contributed by atoms with E-state index in [2.05, 4.69) is 19.2 Å². The maximum absolute atomic E-state index is 12.5. The lowest BCUT2D eigenvalue weighted by atomic mass is 9.97. The number of rotatable bonds is 7. The third-order valence-electron chi connectivity index (χ3n) is 4.99. The number of carbonyl (C=O) groups excluding carboxylic acids is 2. The second-order valence-electron chi connectivity index (χ2n) is 7.07. The van der Waals surface area contributed by atoms with Gasteiger partial charge in [-0.25, -0.2) is 0 Å². The average molecular weight is 361 g/mol. The Morgan fingerprint density at radius 2 is 1.81 bits per heavy atom. The zero-order valence-corrected chi connectivity index (χ0v) is 16.3.